The quantitative estimate of drug-likeness (QED) is 0.840. The van der Waals surface area contributed by atoms with Crippen LogP contribution in [0.5, 0.6) is 0 Å². The predicted molar refractivity (Wildman–Crippen MR) is 82.3 cm³/mol. The third-order valence-electron chi connectivity index (χ3n) is 3.73. The molecule has 0 fully saturated rings. The van der Waals surface area contributed by atoms with E-state index in [9.17, 15) is 9.90 Å². The molecule has 1 aromatic rings. The summed E-state index contributed by atoms with van der Waals surface area (Å²) in [6.07, 6.45) is 0.829. The molecule has 1 atom stereocenters. The van der Waals surface area contributed by atoms with Crippen molar-refractivity contribution in [2.45, 2.75) is 53.2 Å². The van der Waals surface area contributed by atoms with Gasteiger partial charge in [-0.15, -0.1) is 0 Å². The minimum atomic E-state index is -0.679. The van der Waals surface area contributed by atoms with Crippen LogP contribution in [0.15, 0.2) is 24.3 Å². The van der Waals surface area contributed by atoms with E-state index >= 15 is 0 Å². The maximum absolute atomic E-state index is 11.6. The smallest absolute Gasteiger partial charge is 0.222 e. The highest BCUT2D eigenvalue weighted by molar-refractivity contribution is 5.77. The first-order valence-corrected chi connectivity index (χ1v) is 7.28. The van der Waals surface area contributed by atoms with Crippen LogP contribution in [0.3, 0.4) is 0 Å². The van der Waals surface area contributed by atoms with Gasteiger partial charge in [-0.1, -0.05) is 45.0 Å². The fraction of sp³-hybridized carbons (Fsp3) is 0.588. The molecular weight excluding hydrogens is 250 g/mol. The largest absolute Gasteiger partial charge is 0.390 e. The summed E-state index contributed by atoms with van der Waals surface area (Å²) in [5.41, 5.74) is 1.61. The minimum Gasteiger partial charge on any atom is -0.390 e. The summed E-state index contributed by atoms with van der Waals surface area (Å²) in [7, 11) is 0. The fourth-order valence-electron chi connectivity index (χ4n) is 1.86. The molecule has 0 heterocycles. The Labute approximate surface area is 122 Å². The Hall–Kier alpha value is -1.35. The van der Waals surface area contributed by atoms with E-state index in [4.69, 9.17) is 0 Å². The molecule has 0 saturated heterocycles. The van der Waals surface area contributed by atoms with Gasteiger partial charge in [0.15, 0.2) is 0 Å². The van der Waals surface area contributed by atoms with Gasteiger partial charge in [-0.05, 0) is 37.3 Å². The highest BCUT2D eigenvalue weighted by Crippen LogP contribution is 2.21. The van der Waals surface area contributed by atoms with E-state index in [1.165, 1.54) is 5.56 Å². The second kappa shape index (κ2) is 6.89. The third-order valence-corrected chi connectivity index (χ3v) is 3.73. The summed E-state index contributed by atoms with van der Waals surface area (Å²) in [5, 5.41) is 12.9. The Balaban J connectivity index is 2.64. The van der Waals surface area contributed by atoms with Gasteiger partial charge < -0.3 is 10.4 Å². The highest BCUT2D eigenvalue weighted by Gasteiger charge is 2.22. The van der Waals surface area contributed by atoms with Crippen LogP contribution in [0.25, 0.3) is 0 Å². The maximum Gasteiger partial charge on any atom is 0.222 e. The van der Waals surface area contributed by atoms with Crippen LogP contribution in [0.2, 0.25) is 0 Å². The van der Waals surface area contributed by atoms with Crippen LogP contribution in [-0.2, 0) is 17.8 Å². The fourth-order valence-corrected chi connectivity index (χ4v) is 1.86. The van der Waals surface area contributed by atoms with E-state index in [1.54, 1.807) is 0 Å². The maximum atomic E-state index is 11.6. The van der Waals surface area contributed by atoms with Gasteiger partial charge in [-0.3, -0.25) is 4.79 Å². The van der Waals surface area contributed by atoms with Crippen LogP contribution < -0.4 is 5.32 Å². The predicted octanol–water partition coefficient (Wildman–Crippen LogP) is 2.91. The van der Waals surface area contributed by atoms with E-state index in [0.29, 0.717) is 6.54 Å². The van der Waals surface area contributed by atoms with Gasteiger partial charge in [0.2, 0.25) is 5.91 Å². The molecular formula is C17H27NO2. The topological polar surface area (TPSA) is 49.3 Å². The molecule has 0 aliphatic heterocycles. The Kier molecular flexibility index (Phi) is 5.75. The molecule has 1 unspecified atom stereocenters. The molecule has 0 aliphatic rings. The summed E-state index contributed by atoms with van der Waals surface area (Å²) < 4.78 is 0. The van der Waals surface area contributed by atoms with Gasteiger partial charge in [0, 0.05) is 12.5 Å². The highest BCUT2D eigenvalue weighted by atomic mass is 16.3. The normalized spacial score (nSPS) is 13.3. The van der Waals surface area contributed by atoms with E-state index < -0.39 is 5.60 Å². The summed E-state index contributed by atoms with van der Waals surface area (Å²) in [4.78, 5) is 11.6. The van der Waals surface area contributed by atoms with Crippen molar-refractivity contribution in [3.63, 3.8) is 0 Å². The SMILES string of the molecule is CC(C)C(=O)NCc1cccc(CC(C)C(C)(C)O)c1. The number of carbonyl (C=O) groups is 1. The van der Waals surface area contributed by atoms with Crippen molar-refractivity contribution in [2.75, 3.05) is 0 Å². The molecule has 3 nitrogen and oxygen atoms in total. The lowest BCUT2D eigenvalue weighted by Gasteiger charge is -2.26. The number of amides is 1. The standard InChI is InChI=1S/C17H27NO2/c1-12(2)16(19)18-11-15-8-6-7-14(10-15)9-13(3)17(4,5)20/h6-8,10,12-13,20H,9,11H2,1-5H3,(H,18,19). The number of carbonyl (C=O) groups excluding carboxylic acids is 1. The Bertz CT molecular complexity index is 447. The average molecular weight is 277 g/mol. The summed E-state index contributed by atoms with van der Waals surface area (Å²) in [5.74, 6) is 0.261. The molecule has 0 saturated carbocycles. The van der Waals surface area contributed by atoms with Crippen LogP contribution in [0.4, 0.5) is 0 Å². The van der Waals surface area contributed by atoms with Crippen LogP contribution in [-0.4, -0.2) is 16.6 Å². The number of hydrogen-bond acceptors (Lipinski definition) is 2. The van der Waals surface area contributed by atoms with Crippen molar-refractivity contribution >= 4 is 5.91 Å². The first-order chi connectivity index (χ1) is 9.20. The molecule has 0 radical (unpaired) electrons. The van der Waals surface area contributed by atoms with Crippen molar-refractivity contribution in [1.82, 2.24) is 5.32 Å². The van der Waals surface area contributed by atoms with Crippen molar-refractivity contribution in [1.29, 1.82) is 0 Å². The van der Waals surface area contributed by atoms with Crippen LogP contribution in [0, 0.1) is 11.8 Å². The van der Waals surface area contributed by atoms with E-state index in [0.717, 1.165) is 12.0 Å². The Morgan fingerprint density at radius 3 is 2.40 bits per heavy atom. The number of benzene rings is 1. The number of nitrogens with one attached hydrogen (secondary N) is 1. The molecule has 1 amide bonds. The summed E-state index contributed by atoms with van der Waals surface area (Å²) in [6, 6.07) is 8.18. The molecule has 1 aromatic carbocycles. The Morgan fingerprint density at radius 1 is 1.25 bits per heavy atom. The first kappa shape index (κ1) is 16.7. The zero-order chi connectivity index (χ0) is 15.3. The van der Waals surface area contributed by atoms with Crippen molar-refractivity contribution < 1.29 is 9.90 Å². The van der Waals surface area contributed by atoms with Crippen LogP contribution in [0.1, 0.15) is 45.7 Å². The molecule has 3 heteroatoms. The molecule has 0 aromatic heterocycles. The Morgan fingerprint density at radius 2 is 1.85 bits per heavy atom. The molecule has 112 valence electrons. The monoisotopic (exact) mass is 277 g/mol. The number of rotatable bonds is 6. The van der Waals surface area contributed by atoms with Crippen molar-refractivity contribution in [3.05, 3.63) is 35.4 Å². The molecule has 0 bridgehead atoms. The van der Waals surface area contributed by atoms with Gasteiger partial charge in [0.05, 0.1) is 5.60 Å². The number of hydrogen-bond donors (Lipinski definition) is 2. The van der Waals surface area contributed by atoms with Crippen LogP contribution >= 0.6 is 0 Å². The second-order valence-corrected chi connectivity index (χ2v) is 6.45. The number of aliphatic hydroxyl groups is 1. The van der Waals surface area contributed by atoms with E-state index in [1.807, 2.05) is 46.8 Å². The van der Waals surface area contributed by atoms with Crippen molar-refractivity contribution in [3.8, 4) is 0 Å². The van der Waals surface area contributed by atoms with Gasteiger partial charge in [-0.2, -0.15) is 0 Å². The lowest BCUT2D eigenvalue weighted by atomic mass is 9.87. The summed E-state index contributed by atoms with van der Waals surface area (Å²) >= 11 is 0. The van der Waals surface area contributed by atoms with Gasteiger partial charge in [0.1, 0.15) is 0 Å². The lowest BCUT2D eigenvalue weighted by Crippen LogP contribution is -2.30. The first-order valence-electron chi connectivity index (χ1n) is 7.28. The molecule has 0 spiro atoms. The van der Waals surface area contributed by atoms with Crippen molar-refractivity contribution in [2.24, 2.45) is 11.8 Å². The molecule has 0 aliphatic carbocycles. The third kappa shape index (κ3) is 5.33. The molecule has 1 rings (SSSR count). The van der Waals surface area contributed by atoms with E-state index in [2.05, 4.69) is 17.4 Å². The zero-order valence-corrected chi connectivity index (χ0v) is 13.2. The lowest BCUT2D eigenvalue weighted by molar-refractivity contribution is -0.124. The summed E-state index contributed by atoms with van der Waals surface area (Å²) in [6.45, 7) is 10.1. The average Bonchev–Trinajstić information content (AvgIpc) is 2.35. The molecule has 20 heavy (non-hydrogen) atoms. The second-order valence-electron chi connectivity index (χ2n) is 6.45. The molecule has 2 N–H and O–H groups in total. The zero-order valence-electron chi connectivity index (χ0n) is 13.2. The van der Waals surface area contributed by atoms with Gasteiger partial charge in [-0.25, -0.2) is 0 Å². The van der Waals surface area contributed by atoms with Gasteiger partial charge >= 0.3 is 0 Å². The van der Waals surface area contributed by atoms with Gasteiger partial charge in [0.25, 0.3) is 0 Å². The minimum absolute atomic E-state index is 0.00777. The van der Waals surface area contributed by atoms with E-state index in [-0.39, 0.29) is 17.7 Å².